The van der Waals surface area contributed by atoms with Crippen LogP contribution in [0.4, 0.5) is 0 Å². The van der Waals surface area contributed by atoms with Crippen molar-refractivity contribution in [3.63, 3.8) is 0 Å². The monoisotopic (exact) mass is 326 g/mol. The van der Waals surface area contributed by atoms with Crippen molar-refractivity contribution in [1.82, 2.24) is 9.97 Å². The van der Waals surface area contributed by atoms with Crippen LogP contribution in [0.5, 0.6) is 0 Å². The fourth-order valence-corrected chi connectivity index (χ4v) is 6.48. The Labute approximate surface area is 134 Å². The third-order valence-corrected chi connectivity index (χ3v) is 7.76. The van der Waals surface area contributed by atoms with Crippen LogP contribution < -0.4 is 0 Å². The van der Waals surface area contributed by atoms with Crippen molar-refractivity contribution in [2.24, 2.45) is 0 Å². The maximum Gasteiger partial charge on any atom is 0.130 e. The lowest BCUT2D eigenvalue weighted by Crippen LogP contribution is -2.21. The van der Waals surface area contributed by atoms with Crippen LogP contribution >= 0.6 is 35.7 Å². The summed E-state index contributed by atoms with van der Waals surface area (Å²) in [5.41, 5.74) is 1.34. The Bertz CT molecular complexity index is 508. The van der Waals surface area contributed by atoms with E-state index in [1.54, 1.807) is 0 Å². The summed E-state index contributed by atoms with van der Waals surface area (Å²) in [5.74, 6) is 4.30. The molecule has 2 fully saturated rings. The van der Waals surface area contributed by atoms with Crippen LogP contribution in [0.1, 0.15) is 61.7 Å². The van der Waals surface area contributed by atoms with E-state index in [-0.39, 0.29) is 0 Å². The molecule has 1 aliphatic heterocycles. The molecule has 1 aliphatic carbocycles. The van der Waals surface area contributed by atoms with Gasteiger partial charge in [0.15, 0.2) is 0 Å². The molecule has 2 unspecified atom stereocenters. The van der Waals surface area contributed by atoms with Gasteiger partial charge in [0.05, 0.1) is 5.25 Å². The summed E-state index contributed by atoms with van der Waals surface area (Å²) < 4.78 is 0.770. The van der Waals surface area contributed by atoms with E-state index in [4.69, 9.17) is 12.2 Å². The highest BCUT2D eigenvalue weighted by Gasteiger charge is 2.29. The number of aromatic amines is 1. The Morgan fingerprint density at radius 3 is 2.80 bits per heavy atom. The molecule has 5 heteroatoms. The fraction of sp³-hybridized carbons (Fsp3) is 0.733. The van der Waals surface area contributed by atoms with Crippen LogP contribution in [0.2, 0.25) is 0 Å². The quantitative estimate of drug-likeness (QED) is 0.783. The first kappa shape index (κ1) is 14.9. The van der Waals surface area contributed by atoms with Gasteiger partial charge in [-0.25, -0.2) is 4.98 Å². The van der Waals surface area contributed by atoms with E-state index in [9.17, 15) is 0 Å². The first-order valence-corrected chi connectivity index (χ1v) is 10.1. The van der Waals surface area contributed by atoms with Gasteiger partial charge < -0.3 is 4.98 Å². The third-order valence-electron chi connectivity index (χ3n) is 4.30. The van der Waals surface area contributed by atoms with Crippen LogP contribution in [0.3, 0.4) is 0 Å². The van der Waals surface area contributed by atoms with E-state index in [2.05, 4.69) is 34.7 Å². The van der Waals surface area contributed by atoms with Crippen molar-refractivity contribution >= 4 is 35.7 Å². The number of aromatic nitrogens is 2. The first-order chi connectivity index (χ1) is 9.78. The van der Waals surface area contributed by atoms with Gasteiger partial charge in [0, 0.05) is 22.4 Å². The molecule has 2 nitrogen and oxygen atoms in total. The van der Waals surface area contributed by atoms with Gasteiger partial charge >= 0.3 is 0 Å². The van der Waals surface area contributed by atoms with Gasteiger partial charge in [-0.15, -0.1) is 11.8 Å². The molecular formula is C15H22N2S3. The predicted molar refractivity (Wildman–Crippen MR) is 92.4 cm³/mol. The summed E-state index contributed by atoms with van der Waals surface area (Å²) in [6.07, 6.45) is 6.53. The SMILES string of the molecule is CCC1SCCSC1c1nc(=S)cc(C2CCCC2)[nH]1. The lowest BCUT2D eigenvalue weighted by molar-refractivity contribution is 0.669. The molecule has 0 aromatic carbocycles. The lowest BCUT2D eigenvalue weighted by Gasteiger charge is -2.29. The molecule has 0 spiro atoms. The molecule has 1 aromatic rings. The normalized spacial score (nSPS) is 27.9. The van der Waals surface area contributed by atoms with Crippen LogP contribution in [0, 0.1) is 4.64 Å². The molecule has 20 heavy (non-hydrogen) atoms. The van der Waals surface area contributed by atoms with E-state index in [1.165, 1.54) is 49.3 Å². The summed E-state index contributed by atoms with van der Waals surface area (Å²) in [7, 11) is 0. The zero-order valence-corrected chi connectivity index (χ0v) is 14.4. The number of nitrogens with one attached hydrogen (secondary N) is 1. The van der Waals surface area contributed by atoms with Gasteiger partial charge in [-0.1, -0.05) is 32.0 Å². The number of hydrogen-bond donors (Lipinski definition) is 1. The average molecular weight is 327 g/mol. The Balaban J connectivity index is 1.90. The Morgan fingerprint density at radius 2 is 2.05 bits per heavy atom. The molecule has 0 amide bonds. The lowest BCUT2D eigenvalue weighted by atomic mass is 10.0. The van der Waals surface area contributed by atoms with E-state index < -0.39 is 0 Å². The summed E-state index contributed by atoms with van der Waals surface area (Å²) in [4.78, 5) is 8.30. The van der Waals surface area contributed by atoms with Gasteiger partial charge in [0.1, 0.15) is 10.5 Å². The zero-order valence-electron chi connectivity index (χ0n) is 11.9. The molecule has 1 saturated carbocycles. The van der Waals surface area contributed by atoms with E-state index in [0.29, 0.717) is 16.4 Å². The summed E-state index contributed by atoms with van der Waals surface area (Å²) in [5, 5.41) is 1.16. The van der Waals surface area contributed by atoms with Gasteiger partial charge in [-0.2, -0.15) is 11.8 Å². The largest absolute Gasteiger partial charge is 0.346 e. The van der Waals surface area contributed by atoms with Gasteiger partial charge in [0.2, 0.25) is 0 Å². The van der Waals surface area contributed by atoms with E-state index in [0.717, 1.165) is 10.5 Å². The van der Waals surface area contributed by atoms with Crippen molar-refractivity contribution in [1.29, 1.82) is 0 Å². The topological polar surface area (TPSA) is 28.7 Å². The number of rotatable bonds is 3. The second-order valence-electron chi connectivity index (χ2n) is 5.65. The minimum atomic E-state index is 0.488. The van der Waals surface area contributed by atoms with E-state index in [1.807, 2.05) is 11.8 Å². The maximum absolute atomic E-state index is 5.42. The average Bonchev–Trinajstić information content (AvgIpc) is 3.01. The molecular weight excluding hydrogens is 304 g/mol. The summed E-state index contributed by atoms with van der Waals surface area (Å²) in [6, 6.07) is 2.09. The standard InChI is InChI=1S/C15H22N2S3/c1-2-12-14(20-8-7-19-12)15-16-11(9-13(18)17-15)10-5-3-4-6-10/h9-10,12,14H,2-8H2,1H3,(H,16,17,18). The highest BCUT2D eigenvalue weighted by atomic mass is 32.2. The number of nitrogens with zero attached hydrogens (tertiary/aromatic N) is 1. The third kappa shape index (κ3) is 3.25. The zero-order chi connectivity index (χ0) is 13.9. The van der Waals surface area contributed by atoms with E-state index >= 15 is 0 Å². The molecule has 3 rings (SSSR count). The highest BCUT2D eigenvalue weighted by Crippen LogP contribution is 2.43. The van der Waals surface area contributed by atoms with Gasteiger partial charge in [-0.3, -0.25) is 0 Å². The van der Waals surface area contributed by atoms with Crippen molar-refractivity contribution in [2.45, 2.75) is 55.4 Å². The first-order valence-electron chi connectivity index (χ1n) is 7.62. The predicted octanol–water partition coefficient (Wildman–Crippen LogP) is 5.10. The van der Waals surface area contributed by atoms with Gasteiger partial charge in [0.25, 0.3) is 0 Å². The van der Waals surface area contributed by atoms with Crippen molar-refractivity contribution in [2.75, 3.05) is 11.5 Å². The molecule has 0 bridgehead atoms. The van der Waals surface area contributed by atoms with Crippen molar-refractivity contribution < 1.29 is 0 Å². The number of thioether (sulfide) groups is 2. The fourth-order valence-electron chi connectivity index (χ4n) is 3.24. The molecule has 2 heterocycles. The van der Waals surface area contributed by atoms with Crippen LogP contribution in [-0.4, -0.2) is 26.7 Å². The number of hydrogen-bond acceptors (Lipinski definition) is 4. The molecule has 1 N–H and O–H groups in total. The second kappa shape index (κ2) is 6.84. The molecule has 110 valence electrons. The Kier molecular flexibility index (Phi) is 5.10. The summed E-state index contributed by atoms with van der Waals surface area (Å²) in [6.45, 7) is 2.28. The van der Waals surface area contributed by atoms with Crippen LogP contribution in [0.15, 0.2) is 6.07 Å². The van der Waals surface area contributed by atoms with Gasteiger partial charge in [-0.05, 0) is 31.2 Å². The minimum absolute atomic E-state index is 0.488. The highest BCUT2D eigenvalue weighted by molar-refractivity contribution is 8.06. The molecule has 2 aliphatic rings. The smallest absolute Gasteiger partial charge is 0.130 e. The molecule has 1 aromatic heterocycles. The second-order valence-corrected chi connectivity index (χ2v) is 8.67. The van der Waals surface area contributed by atoms with Crippen LogP contribution in [-0.2, 0) is 0 Å². The molecule has 1 saturated heterocycles. The molecule has 2 atom stereocenters. The minimum Gasteiger partial charge on any atom is -0.346 e. The van der Waals surface area contributed by atoms with Crippen molar-refractivity contribution in [3.05, 3.63) is 22.2 Å². The van der Waals surface area contributed by atoms with Crippen LogP contribution in [0.25, 0.3) is 0 Å². The van der Waals surface area contributed by atoms with Crippen molar-refractivity contribution in [3.8, 4) is 0 Å². The Hall–Kier alpha value is -0.0000000000000000555. The number of H-pyrrole nitrogens is 1. The Morgan fingerprint density at radius 1 is 1.30 bits per heavy atom. The molecule has 0 radical (unpaired) electrons. The maximum atomic E-state index is 5.42. The summed E-state index contributed by atoms with van der Waals surface area (Å²) >= 11 is 9.56.